The van der Waals surface area contributed by atoms with Crippen molar-refractivity contribution in [1.29, 1.82) is 0 Å². The van der Waals surface area contributed by atoms with Crippen molar-refractivity contribution >= 4 is 5.70 Å². The van der Waals surface area contributed by atoms with E-state index in [2.05, 4.69) is 36.1 Å². The van der Waals surface area contributed by atoms with Crippen LogP contribution in [0.2, 0.25) is 0 Å². The Morgan fingerprint density at radius 1 is 1.53 bits per heavy atom. The van der Waals surface area contributed by atoms with E-state index in [-0.39, 0.29) is 0 Å². The molecule has 1 aromatic rings. The number of aromatic nitrogens is 2. The van der Waals surface area contributed by atoms with Gasteiger partial charge in [0.25, 0.3) is 0 Å². The molecular formula is C13H18N2. The summed E-state index contributed by atoms with van der Waals surface area (Å²) in [6, 6.07) is 0. The van der Waals surface area contributed by atoms with Gasteiger partial charge in [-0.25, -0.2) is 4.98 Å². The minimum absolute atomic E-state index is 0.464. The summed E-state index contributed by atoms with van der Waals surface area (Å²) in [5.74, 6) is 0.464. The molecule has 0 amide bonds. The Morgan fingerprint density at radius 3 is 2.80 bits per heavy atom. The number of nitrogens with zero attached hydrogens (tertiary/aromatic N) is 2. The van der Waals surface area contributed by atoms with Crippen LogP contribution in [0.1, 0.15) is 32.4 Å². The molecule has 1 rings (SSSR count). The van der Waals surface area contributed by atoms with Gasteiger partial charge in [0, 0.05) is 17.6 Å². The zero-order valence-electron chi connectivity index (χ0n) is 9.64. The smallest absolute Gasteiger partial charge is 0.0994 e. The van der Waals surface area contributed by atoms with Gasteiger partial charge in [0.1, 0.15) is 0 Å². The van der Waals surface area contributed by atoms with Crippen molar-refractivity contribution in [2.75, 3.05) is 0 Å². The third-order valence-electron chi connectivity index (χ3n) is 2.16. The van der Waals surface area contributed by atoms with Gasteiger partial charge >= 0.3 is 0 Å². The molecule has 0 aromatic carbocycles. The van der Waals surface area contributed by atoms with Gasteiger partial charge in [0.15, 0.2) is 0 Å². The van der Waals surface area contributed by atoms with E-state index in [1.807, 2.05) is 31.6 Å². The highest BCUT2D eigenvalue weighted by atomic mass is 15.1. The minimum atomic E-state index is 0.464. The summed E-state index contributed by atoms with van der Waals surface area (Å²) in [7, 11) is 0. The van der Waals surface area contributed by atoms with Gasteiger partial charge in [0.05, 0.1) is 6.33 Å². The summed E-state index contributed by atoms with van der Waals surface area (Å²) >= 11 is 0. The topological polar surface area (TPSA) is 17.8 Å². The van der Waals surface area contributed by atoms with Gasteiger partial charge in [-0.3, -0.25) is 0 Å². The number of imidazole rings is 1. The Kier molecular flexibility index (Phi) is 4.10. The molecule has 15 heavy (non-hydrogen) atoms. The monoisotopic (exact) mass is 202 g/mol. The van der Waals surface area contributed by atoms with E-state index in [1.165, 1.54) is 5.69 Å². The Bertz CT molecular complexity index is 381. The molecule has 0 aliphatic carbocycles. The molecule has 0 atom stereocenters. The first kappa shape index (κ1) is 11.5. The maximum Gasteiger partial charge on any atom is 0.0994 e. The van der Waals surface area contributed by atoms with Crippen LogP contribution < -0.4 is 0 Å². The Hall–Kier alpha value is -1.57. The quantitative estimate of drug-likeness (QED) is 0.682. The lowest BCUT2D eigenvalue weighted by Crippen LogP contribution is -2.00. The standard InChI is InChI=1S/C13H18N2/c1-5-7-12(8-6-2)15-10-14-9-13(15)11(3)4/h5-11H,1H2,2-4H3/b8-6-,12-7+. The molecule has 2 nitrogen and oxygen atoms in total. The summed E-state index contributed by atoms with van der Waals surface area (Å²) in [5.41, 5.74) is 2.30. The second kappa shape index (κ2) is 5.35. The second-order valence-electron chi connectivity index (χ2n) is 3.67. The average molecular weight is 202 g/mol. The lowest BCUT2D eigenvalue weighted by Gasteiger charge is -2.11. The molecule has 0 radical (unpaired) electrons. The maximum absolute atomic E-state index is 4.18. The van der Waals surface area contributed by atoms with Crippen molar-refractivity contribution in [2.24, 2.45) is 0 Å². The highest BCUT2D eigenvalue weighted by molar-refractivity contribution is 5.59. The van der Waals surface area contributed by atoms with Crippen LogP contribution in [0.5, 0.6) is 0 Å². The highest BCUT2D eigenvalue weighted by Gasteiger charge is 2.07. The minimum Gasteiger partial charge on any atom is -0.303 e. The summed E-state index contributed by atoms with van der Waals surface area (Å²) in [6.45, 7) is 10.0. The SMILES string of the molecule is C=C/C=C(\C=C/C)n1cncc1C(C)C. The van der Waals surface area contributed by atoms with Gasteiger partial charge in [0.2, 0.25) is 0 Å². The lowest BCUT2D eigenvalue weighted by atomic mass is 10.1. The Labute approximate surface area is 91.7 Å². The van der Waals surface area contributed by atoms with Crippen LogP contribution in [0.3, 0.4) is 0 Å². The van der Waals surface area contributed by atoms with Gasteiger partial charge < -0.3 is 4.57 Å². The molecule has 0 aliphatic rings. The molecular weight excluding hydrogens is 184 g/mol. The van der Waals surface area contributed by atoms with Crippen LogP contribution in [0, 0.1) is 0 Å². The average Bonchev–Trinajstić information content (AvgIpc) is 2.65. The van der Waals surface area contributed by atoms with E-state index in [4.69, 9.17) is 0 Å². The van der Waals surface area contributed by atoms with Gasteiger partial charge in [-0.05, 0) is 25.0 Å². The first-order chi connectivity index (χ1) is 7.20. The van der Waals surface area contributed by atoms with Crippen LogP contribution in [0.15, 0.2) is 43.4 Å². The largest absolute Gasteiger partial charge is 0.303 e. The molecule has 1 aromatic heterocycles. The summed E-state index contributed by atoms with van der Waals surface area (Å²) in [6.07, 6.45) is 11.6. The molecule has 0 bridgehead atoms. The third kappa shape index (κ3) is 2.69. The predicted octanol–water partition coefficient (Wildman–Crippen LogP) is 3.61. The fourth-order valence-electron chi connectivity index (χ4n) is 1.46. The van der Waals surface area contributed by atoms with Crippen molar-refractivity contribution < 1.29 is 0 Å². The van der Waals surface area contributed by atoms with Crippen molar-refractivity contribution in [2.45, 2.75) is 26.7 Å². The van der Waals surface area contributed by atoms with Gasteiger partial charge in [-0.2, -0.15) is 0 Å². The summed E-state index contributed by atoms with van der Waals surface area (Å²) in [4.78, 5) is 4.18. The van der Waals surface area contributed by atoms with Crippen LogP contribution in [-0.4, -0.2) is 9.55 Å². The number of hydrogen-bond acceptors (Lipinski definition) is 1. The molecule has 2 heteroatoms. The molecule has 0 unspecified atom stereocenters. The molecule has 80 valence electrons. The molecule has 0 fully saturated rings. The lowest BCUT2D eigenvalue weighted by molar-refractivity contribution is 0.796. The van der Waals surface area contributed by atoms with Crippen LogP contribution in [0.4, 0.5) is 0 Å². The third-order valence-corrected chi connectivity index (χ3v) is 2.16. The van der Waals surface area contributed by atoms with Gasteiger partial charge in [-0.15, -0.1) is 0 Å². The number of rotatable bonds is 4. The van der Waals surface area contributed by atoms with E-state index in [0.29, 0.717) is 5.92 Å². The van der Waals surface area contributed by atoms with Crippen LogP contribution in [0.25, 0.3) is 5.70 Å². The molecule has 0 saturated heterocycles. The number of allylic oxidation sites excluding steroid dienone is 5. The Morgan fingerprint density at radius 2 is 2.27 bits per heavy atom. The van der Waals surface area contributed by atoms with Gasteiger partial charge in [-0.1, -0.05) is 32.6 Å². The van der Waals surface area contributed by atoms with Crippen LogP contribution in [-0.2, 0) is 0 Å². The summed E-state index contributed by atoms with van der Waals surface area (Å²) in [5, 5.41) is 0. The highest BCUT2D eigenvalue weighted by Crippen LogP contribution is 2.18. The molecule has 0 aliphatic heterocycles. The maximum atomic E-state index is 4.18. The van der Waals surface area contributed by atoms with Crippen molar-refractivity contribution in [3.05, 3.63) is 49.1 Å². The van der Waals surface area contributed by atoms with E-state index in [1.54, 1.807) is 6.08 Å². The van der Waals surface area contributed by atoms with E-state index < -0.39 is 0 Å². The first-order valence-corrected chi connectivity index (χ1v) is 5.18. The molecule has 0 spiro atoms. The predicted molar refractivity (Wildman–Crippen MR) is 65.6 cm³/mol. The first-order valence-electron chi connectivity index (χ1n) is 5.18. The van der Waals surface area contributed by atoms with Crippen LogP contribution >= 0.6 is 0 Å². The van der Waals surface area contributed by atoms with Crippen molar-refractivity contribution in [3.8, 4) is 0 Å². The fourth-order valence-corrected chi connectivity index (χ4v) is 1.46. The molecule has 0 saturated carbocycles. The fraction of sp³-hybridized carbons (Fsp3) is 0.308. The van der Waals surface area contributed by atoms with Crippen molar-refractivity contribution in [3.63, 3.8) is 0 Å². The normalized spacial score (nSPS) is 12.7. The van der Waals surface area contributed by atoms with E-state index in [0.717, 1.165) is 5.70 Å². The molecule has 1 heterocycles. The zero-order valence-corrected chi connectivity index (χ0v) is 9.64. The van der Waals surface area contributed by atoms with Crippen molar-refractivity contribution in [1.82, 2.24) is 9.55 Å². The number of hydrogen-bond donors (Lipinski definition) is 0. The second-order valence-corrected chi connectivity index (χ2v) is 3.67. The molecule has 0 N–H and O–H groups in total. The van der Waals surface area contributed by atoms with E-state index in [9.17, 15) is 0 Å². The summed E-state index contributed by atoms with van der Waals surface area (Å²) < 4.78 is 2.09. The zero-order chi connectivity index (χ0) is 11.3. The Balaban J connectivity index is 3.17. The van der Waals surface area contributed by atoms with E-state index >= 15 is 0 Å².